The van der Waals surface area contributed by atoms with Gasteiger partial charge in [0.1, 0.15) is 11.6 Å². The van der Waals surface area contributed by atoms with E-state index in [1.165, 1.54) is 17.6 Å². The molecule has 1 aromatic heterocycles. The van der Waals surface area contributed by atoms with E-state index in [1.54, 1.807) is 12.1 Å². The Labute approximate surface area is 104 Å². The van der Waals surface area contributed by atoms with E-state index in [4.69, 9.17) is 0 Å². The van der Waals surface area contributed by atoms with E-state index in [2.05, 4.69) is 14.7 Å². The molecule has 1 heterocycles. The van der Waals surface area contributed by atoms with Gasteiger partial charge in [-0.25, -0.2) is 9.37 Å². The zero-order valence-electron chi connectivity index (χ0n) is 9.77. The van der Waals surface area contributed by atoms with Crippen molar-refractivity contribution in [3.8, 4) is 0 Å². The van der Waals surface area contributed by atoms with E-state index in [9.17, 15) is 4.39 Å². The number of nitrogens with zero attached hydrogens (tertiary/aromatic N) is 2. The minimum absolute atomic E-state index is 0.200. The van der Waals surface area contributed by atoms with Crippen LogP contribution in [0.2, 0.25) is 0 Å². The summed E-state index contributed by atoms with van der Waals surface area (Å²) in [6.45, 7) is 4.52. The highest BCUT2D eigenvalue weighted by Gasteiger charge is 2.07. The molecule has 0 saturated heterocycles. The van der Waals surface area contributed by atoms with Crippen LogP contribution in [0.15, 0.2) is 24.3 Å². The molecule has 0 aliphatic carbocycles. The Bertz CT molecular complexity index is 496. The highest BCUT2D eigenvalue weighted by molar-refractivity contribution is 7.09. The maximum Gasteiger partial charge on any atom is 0.202 e. The molecular weight excluding hydrogens is 237 g/mol. The second-order valence-corrected chi connectivity index (χ2v) is 4.81. The number of rotatable bonds is 4. The minimum atomic E-state index is -0.200. The van der Waals surface area contributed by atoms with Crippen molar-refractivity contribution < 1.29 is 4.39 Å². The highest BCUT2D eigenvalue weighted by Crippen LogP contribution is 2.18. The normalized spacial score (nSPS) is 10.8. The van der Waals surface area contributed by atoms with Gasteiger partial charge >= 0.3 is 0 Å². The number of aromatic nitrogens is 2. The molecule has 0 saturated carbocycles. The summed E-state index contributed by atoms with van der Waals surface area (Å²) in [5.41, 5.74) is 0.633. The van der Waals surface area contributed by atoms with Crippen LogP contribution in [-0.4, -0.2) is 9.36 Å². The smallest absolute Gasteiger partial charge is 0.202 e. The summed E-state index contributed by atoms with van der Waals surface area (Å²) in [5.74, 6) is 0.940. The summed E-state index contributed by atoms with van der Waals surface area (Å²) < 4.78 is 17.6. The highest BCUT2D eigenvalue weighted by atomic mass is 32.1. The molecule has 0 fully saturated rings. The Morgan fingerprint density at radius 1 is 1.35 bits per heavy atom. The second kappa shape index (κ2) is 5.23. The van der Waals surface area contributed by atoms with Gasteiger partial charge in [0.2, 0.25) is 5.13 Å². The lowest BCUT2D eigenvalue weighted by Gasteiger charge is -2.03. The van der Waals surface area contributed by atoms with Crippen molar-refractivity contribution in [1.29, 1.82) is 0 Å². The van der Waals surface area contributed by atoms with Crippen molar-refractivity contribution in [2.45, 2.75) is 26.3 Å². The quantitative estimate of drug-likeness (QED) is 0.904. The first-order valence-corrected chi connectivity index (χ1v) is 6.25. The monoisotopic (exact) mass is 251 g/mol. The Morgan fingerprint density at radius 2 is 2.12 bits per heavy atom. The number of nitrogens with one attached hydrogen (secondary N) is 1. The summed E-state index contributed by atoms with van der Waals surface area (Å²) in [7, 11) is 0. The molecule has 0 aliphatic heterocycles. The maximum absolute atomic E-state index is 13.4. The molecule has 0 atom stereocenters. The maximum atomic E-state index is 13.4. The zero-order valence-corrected chi connectivity index (χ0v) is 10.6. The Balaban J connectivity index is 2.00. The molecule has 0 spiro atoms. The van der Waals surface area contributed by atoms with Crippen molar-refractivity contribution in [1.82, 2.24) is 9.36 Å². The summed E-state index contributed by atoms with van der Waals surface area (Å²) in [6, 6.07) is 6.71. The van der Waals surface area contributed by atoms with Crippen LogP contribution in [0.25, 0.3) is 0 Å². The SMILES string of the molecule is CC(C)c1nsc(NCc2ccccc2F)n1. The van der Waals surface area contributed by atoms with Crippen LogP contribution in [0.4, 0.5) is 9.52 Å². The number of hydrogen-bond donors (Lipinski definition) is 1. The van der Waals surface area contributed by atoms with Gasteiger partial charge in [0.05, 0.1) is 0 Å². The molecule has 0 aliphatic rings. The molecule has 5 heteroatoms. The fourth-order valence-electron chi connectivity index (χ4n) is 1.35. The first kappa shape index (κ1) is 12.0. The van der Waals surface area contributed by atoms with Crippen LogP contribution in [-0.2, 0) is 6.54 Å². The third-order valence-electron chi connectivity index (χ3n) is 2.35. The van der Waals surface area contributed by atoms with Gasteiger partial charge in [-0.05, 0) is 6.07 Å². The largest absolute Gasteiger partial charge is 0.356 e. The predicted octanol–water partition coefficient (Wildman–Crippen LogP) is 3.41. The third-order valence-corrected chi connectivity index (χ3v) is 3.03. The molecule has 2 aromatic rings. The molecule has 0 bridgehead atoms. The Hall–Kier alpha value is -1.49. The van der Waals surface area contributed by atoms with Gasteiger partial charge in [0.25, 0.3) is 0 Å². The molecule has 1 N–H and O–H groups in total. The topological polar surface area (TPSA) is 37.8 Å². The van der Waals surface area contributed by atoms with Gasteiger partial charge in [-0.2, -0.15) is 4.37 Å². The molecule has 2 rings (SSSR count). The van der Waals surface area contributed by atoms with Crippen molar-refractivity contribution in [2.24, 2.45) is 0 Å². The van der Waals surface area contributed by atoms with Crippen LogP contribution in [0, 0.1) is 5.82 Å². The standard InChI is InChI=1S/C12H14FN3S/c1-8(2)11-15-12(17-16-11)14-7-9-5-3-4-6-10(9)13/h3-6,8H,7H2,1-2H3,(H,14,15,16). The summed E-state index contributed by atoms with van der Waals surface area (Å²) >= 11 is 1.31. The fourth-order valence-corrected chi connectivity index (χ4v) is 2.06. The second-order valence-electron chi connectivity index (χ2n) is 4.06. The van der Waals surface area contributed by atoms with Gasteiger partial charge in [0.15, 0.2) is 0 Å². The van der Waals surface area contributed by atoms with Gasteiger partial charge in [-0.1, -0.05) is 32.0 Å². The first-order valence-electron chi connectivity index (χ1n) is 5.47. The molecule has 0 amide bonds. The van der Waals surface area contributed by atoms with Gasteiger partial charge in [-0.3, -0.25) is 0 Å². The summed E-state index contributed by atoms with van der Waals surface area (Å²) in [5, 5.41) is 3.82. The number of anilines is 1. The van der Waals surface area contributed by atoms with Crippen LogP contribution in [0.3, 0.4) is 0 Å². The lowest BCUT2D eigenvalue weighted by molar-refractivity contribution is 0.613. The van der Waals surface area contributed by atoms with E-state index in [-0.39, 0.29) is 5.82 Å². The van der Waals surface area contributed by atoms with Crippen molar-refractivity contribution in [3.05, 3.63) is 41.5 Å². The van der Waals surface area contributed by atoms with Crippen LogP contribution >= 0.6 is 11.5 Å². The van der Waals surface area contributed by atoms with E-state index in [0.717, 1.165) is 11.0 Å². The molecule has 1 aromatic carbocycles. The van der Waals surface area contributed by atoms with Crippen LogP contribution in [0.1, 0.15) is 31.2 Å². The van der Waals surface area contributed by atoms with E-state index in [0.29, 0.717) is 18.0 Å². The molecule has 3 nitrogen and oxygen atoms in total. The van der Waals surface area contributed by atoms with Crippen molar-refractivity contribution in [3.63, 3.8) is 0 Å². The number of benzene rings is 1. The molecule has 0 radical (unpaired) electrons. The summed E-state index contributed by atoms with van der Waals surface area (Å²) in [4.78, 5) is 4.33. The molecule has 90 valence electrons. The fraction of sp³-hybridized carbons (Fsp3) is 0.333. The minimum Gasteiger partial charge on any atom is -0.356 e. The predicted molar refractivity (Wildman–Crippen MR) is 67.7 cm³/mol. The van der Waals surface area contributed by atoms with Gasteiger partial charge in [0, 0.05) is 29.6 Å². The van der Waals surface area contributed by atoms with Gasteiger partial charge < -0.3 is 5.32 Å². The third kappa shape index (κ3) is 3.00. The average Bonchev–Trinajstić information content (AvgIpc) is 2.77. The van der Waals surface area contributed by atoms with Crippen molar-refractivity contribution >= 4 is 16.7 Å². The number of hydrogen-bond acceptors (Lipinski definition) is 4. The van der Waals surface area contributed by atoms with E-state index in [1.807, 2.05) is 19.9 Å². The van der Waals surface area contributed by atoms with Crippen LogP contribution in [0.5, 0.6) is 0 Å². The van der Waals surface area contributed by atoms with Gasteiger partial charge in [-0.15, -0.1) is 0 Å². The van der Waals surface area contributed by atoms with Crippen LogP contribution < -0.4 is 5.32 Å². The Kier molecular flexibility index (Phi) is 3.68. The molecule has 17 heavy (non-hydrogen) atoms. The first-order chi connectivity index (χ1) is 8.16. The van der Waals surface area contributed by atoms with Crippen molar-refractivity contribution in [2.75, 3.05) is 5.32 Å². The number of halogens is 1. The molecular formula is C12H14FN3S. The van der Waals surface area contributed by atoms with E-state index < -0.39 is 0 Å². The average molecular weight is 251 g/mol. The zero-order chi connectivity index (χ0) is 12.3. The lowest BCUT2D eigenvalue weighted by atomic mass is 10.2. The lowest BCUT2D eigenvalue weighted by Crippen LogP contribution is -2.01. The summed E-state index contributed by atoms with van der Waals surface area (Å²) in [6.07, 6.45) is 0. The molecule has 0 unspecified atom stereocenters. The Morgan fingerprint density at radius 3 is 2.76 bits per heavy atom. The van der Waals surface area contributed by atoms with E-state index >= 15 is 0 Å².